The van der Waals surface area contributed by atoms with E-state index in [0.29, 0.717) is 13.1 Å². The molecule has 7 nitrogen and oxygen atoms in total. The number of aliphatic imine (C=N–C) groups is 1. The lowest BCUT2D eigenvalue weighted by Gasteiger charge is -2.30. The van der Waals surface area contributed by atoms with E-state index in [2.05, 4.69) is 56.1 Å². The Labute approximate surface area is 178 Å². The number of benzene rings is 1. The maximum atomic E-state index is 5.70. The molecule has 160 valence electrons. The first-order chi connectivity index (χ1) is 14.7. The zero-order valence-corrected chi connectivity index (χ0v) is 18.3. The molecule has 0 saturated heterocycles. The third-order valence-electron chi connectivity index (χ3n) is 5.25. The Bertz CT molecular complexity index is 899. The fourth-order valence-corrected chi connectivity index (χ4v) is 3.63. The van der Waals surface area contributed by atoms with Crippen molar-refractivity contribution in [3.05, 3.63) is 66.5 Å². The van der Waals surface area contributed by atoms with Gasteiger partial charge in [0.25, 0.3) is 0 Å². The van der Waals surface area contributed by atoms with Gasteiger partial charge in [0.05, 0.1) is 30.7 Å². The molecule has 0 aliphatic carbocycles. The number of likely N-dealkylation sites (N-methyl/N-ethyl adjacent to an activating group) is 1. The number of rotatable bonds is 9. The standard InChI is InChI=1S/C23H32N6O/c1-5-29(6-2)20(21-13-10-14-30-21)16-26-23(24-3)28(4)17-22-25-15-19(27-22)18-11-8-7-9-12-18/h7-15,20H,5-6,16-17H2,1-4H3,(H,24,26)(H,25,27). The second-order valence-corrected chi connectivity index (χ2v) is 7.15. The van der Waals surface area contributed by atoms with Crippen LogP contribution in [-0.4, -0.2) is 59.5 Å². The van der Waals surface area contributed by atoms with Gasteiger partial charge in [0.15, 0.2) is 5.96 Å². The largest absolute Gasteiger partial charge is 0.468 e. The van der Waals surface area contributed by atoms with E-state index in [4.69, 9.17) is 4.42 Å². The third kappa shape index (κ3) is 5.30. The van der Waals surface area contributed by atoms with Gasteiger partial charge in [0.1, 0.15) is 11.6 Å². The average Bonchev–Trinajstić information content (AvgIpc) is 3.46. The molecule has 0 saturated carbocycles. The summed E-state index contributed by atoms with van der Waals surface area (Å²) in [6.07, 6.45) is 3.61. The SMILES string of the molecule is CCN(CC)C(CNC(=NC)N(C)Cc1ncc(-c2ccccc2)[nH]1)c1ccco1. The number of imidazole rings is 1. The lowest BCUT2D eigenvalue weighted by Crippen LogP contribution is -2.43. The molecule has 1 aromatic carbocycles. The highest BCUT2D eigenvalue weighted by Gasteiger charge is 2.21. The van der Waals surface area contributed by atoms with Gasteiger partial charge in [0.2, 0.25) is 0 Å². The summed E-state index contributed by atoms with van der Waals surface area (Å²) in [4.78, 5) is 16.8. The number of nitrogens with zero attached hydrogens (tertiary/aromatic N) is 4. The molecule has 0 spiro atoms. The van der Waals surface area contributed by atoms with Gasteiger partial charge < -0.3 is 19.6 Å². The molecule has 7 heteroatoms. The molecular weight excluding hydrogens is 376 g/mol. The van der Waals surface area contributed by atoms with E-state index >= 15 is 0 Å². The molecule has 2 N–H and O–H groups in total. The Morgan fingerprint density at radius 3 is 2.57 bits per heavy atom. The van der Waals surface area contributed by atoms with E-state index in [-0.39, 0.29) is 6.04 Å². The number of aromatic amines is 1. The van der Waals surface area contributed by atoms with Crippen LogP contribution in [0.4, 0.5) is 0 Å². The van der Waals surface area contributed by atoms with Crippen LogP contribution < -0.4 is 5.32 Å². The summed E-state index contributed by atoms with van der Waals surface area (Å²) in [5, 5.41) is 3.50. The van der Waals surface area contributed by atoms with Crippen LogP contribution in [0.5, 0.6) is 0 Å². The number of H-pyrrole nitrogens is 1. The van der Waals surface area contributed by atoms with Crippen molar-refractivity contribution in [2.24, 2.45) is 4.99 Å². The van der Waals surface area contributed by atoms with Crippen molar-refractivity contribution < 1.29 is 4.42 Å². The monoisotopic (exact) mass is 408 g/mol. The molecule has 1 atom stereocenters. The van der Waals surface area contributed by atoms with Crippen molar-refractivity contribution in [3.63, 3.8) is 0 Å². The first-order valence-electron chi connectivity index (χ1n) is 10.4. The van der Waals surface area contributed by atoms with E-state index in [1.165, 1.54) is 0 Å². The molecule has 2 aromatic heterocycles. The predicted octanol–water partition coefficient (Wildman–Crippen LogP) is 3.76. The van der Waals surface area contributed by atoms with Gasteiger partial charge in [-0.3, -0.25) is 9.89 Å². The van der Waals surface area contributed by atoms with Crippen molar-refractivity contribution in [2.75, 3.05) is 33.7 Å². The number of nitrogens with one attached hydrogen (secondary N) is 2. The van der Waals surface area contributed by atoms with Gasteiger partial charge in [-0.1, -0.05) is 44.2 Å². The van der Waals surface area contributed by atoms with Crippen molar-refractivity contribution >= 4 is 5.96 Å². The van der Waals surface area contributed by atoms with E-state index in [1.54, 1.807) is 13.3 Å². The summed E-state index contributed by atoms with van der Waals surface area (Å²) in [6, 6.07) is 14.3. The van der Waals surface area contributed by atoms with Gasteiger partial charge in [-0.05, 0) is 30.8 Å². The minimum absolute atomic E-state index is 0.147. The Kier molecular flexibility index (Phi) is 7.68. The summed E-state index contributed by atoms with van der Waals surface area (Å²) in [5.74, 6) is 2.67. The predicted molar refractivity (Wildman–Crippen MR) is 121 cm³/mol. The number of hydrogen-bond donors (Lipinski definition) is 2. The summed E-state index contributed by atoms with van der Waals surface area (Å²) in [5.41, 5.74) is 2.14. The molecule has 1 unspecified atom stereocenters. The van der Waals surface area contributed by atoms with E-state index in [9.17, 15) is 0 Å². The van der Waals surface area contributed by atoms with E-state index in [1.807, 2.05) is 43.6 Å². The number of furan rings is 1. The fraction of sp³-hybridized carbons (Fsp3) is 0.391. The van der Waals surface area contributed by atoms with Gasteiger partial charge >= 0.3 is 0 Å². The smallest absolute Gasteiger partial charge is 0.193 e. The maximum absolute atomic E-state index is 5.70. The molecule has 3 aromatic rings. The van der Waals surface area contributed by atoms with Crippen LogP contribution in [0.3, 0.4) is 0 Å². The van der Waals surface area contributed by atoms with Crippen molar-refractivity contribution in [2.45, 2.75) is 26.4 Å². The first kappa shape index (κ1) is 21.6. The van der Waals surface area contributed by atoms with Gasteiger partial charge in [-0.2, -0.15) is 0 Å². The molecular formula is C23H32N6O. The molecule has 3 rings (SSSR count). The molecule has 2 heterocycles. The second kappa shape index (κ2) is 10.6. The lowest BCUT2D eigenvalue weighted by molar-refractivity contribution is 0.192. The summed E-state index contributed by atoms with van der Waals surface area (Å²) >= 11 is 0. The lowest BCUT2D eigenvalue weighted by atomic mass is 10.2. The molecule has 0 bridgehead atoms. The fourth-order valence-electron chi connectivity index (χ4n) is 3.63. The topological polar surface area (TPSA) is 72.7 Å². The van der Waals surface area contributed by atoms with Crippen LogP contribution in [0.2, 0.25) is 0 Å². The zero-order chi connectivity index (χ0) is 21.3. The summed E-state index contributed by atoms with van der Waals surface area (Å²) in [7, 11) is 3.81. The van der Waals surface area contributed by atoms with E-state index in [0.717, 1.165) is 41.9 Å². The highest BCUT2D eigenvalue weighted by molar-refractivity contribution is 5.79. The molecule has 30 heavy (non-hydrogen) atoms. The van der Waals surface area contributed by atoms with Crippen LogP contribution in [0.15, 0.2) is 64.3 Å². The van der Waals surface area contributed by atoms with Crippen LogP contribution >= 0.6 is 0 Å². The molecule has 0 aliphatic heterocycles. The quantitative estimate of drug-likeness (QED) is 0.417. The van der Waals surface area contributed by atoms with Crippen LogP contribution in [0.1, 0.15) is 31.5 Å². The minimum Gasteiger partial charge on any atom is -0.468 e. The van der Waals surface area contributed by atoms with Crippen molar-refractivity contribution in [1.29, 1.82) is 0 Å². The second-order valence-electron chi connectivity index (χ2n) is 7.15. The summed E-state index contributed by atoms with van der Waals surface area (Å²) in [6.45, 7) is 7.57. The first-order valence-corrected chi connectivity index (χ1v) is 10.4. The third-order valence-corrected chi connectivity index (χ3v) is 5.25. The minimum atomic E-state index is 0.147. The van der Waals surface area contributed by atoms with Crippen molar-refractivity contribution in [1.82, 2.24) is 25.1 Å². The molecule has 0 fully saturated rings. The highest BCUT2D eigenvalue weighted by Crippen LogP contribution is 2.20. The number of aromatic nitrogens is 2. The molecule has 0 amide bonds. The Hall–Kier alpha value is -3.06. The van der Waals surface area contributed by atoms with Gasteiger partial charge in [0, 0.05) is 20.6 Å². The van der Waals surface area contributed by atoms with Gasteiger partial charge in [-0.15, -0.1) is 0 Å². The number of hydrogen-bond acceptors (Lipinski definition) is 4. The Morgan fingerprint density at radius 1 is 1.17 bits per heavy atom. The van der Waals surface area contributed by atoms with Crippen LogP contribution in [0.25, 0.3) is 11.3 Å². The van der Waals surface area contributed by atoms with E-state index < -0.39 is 0 Å². The maximum Gasteiger partial charge on any atom is 0.193 e. The highest BCUT2D eigenvalue weighted by atomic mass is 16.3. The van der Waals surface area contributed by atoms with Crippen molar-refractivity contribution in [3.8, 4) is 11.3 Å². The Morgan fingerprint density at radius 2 is 1.93 bits per heavy atom. The van der Waals surface area contributed by atoms with Crippen LogP contribution in [-0.2, 0) is 6.54 Å². The summed E-state index contributed by atoms with van der Waals surface area (Å²) < 4.78 is 5.70. The molecule has 0 radical (unpaired) electrons. The van der Waals surface area contributed by atoms with Crippen LogP contribution in [0, 0.1) is 0 Å². The Balaban J connectivity index is 1.63. The number of guanidine groups is 1. The average molecular weight is 409 g/mol. The molecule has 0 aliphatic rings. The zero-order valence-electron chi connectivity index (χ0n) is 18.3. The normalized spacial score (nSPS) is 12.9. The van der Waals surface area contributed by atoms with Gasteiger partial charge in [-0.25, -0.2) is 4.98 Å².